The molecule has 0 aromatic carbocycles. The lowest BCUT2D eigenvalue weighted by Crippen LogP contribution is -2.41. The van der Waals surface area contributed by atoms with Gasteiger partial charge in [0.2, 0.25) is 0 Å². The van der Waals surface area contributed by atoms with Crippen molar-refractivity contribution >= 4 is 0 Å². The third kappa shape index (κ3) is 71.4. The van der Waals surface area contributed by atoms with Gasteiger partial charge < -0.3 is 0 Å². The Balaban J connectivity index is -0.0000000882. The second-order valence-electron chi connectivity index (χ2n) is 57.4. The van der Waals surface area contributed by atoms with E-state index in [0.29, 0.717) is 108 Å². The van der Waals surface area contributed by atoms with Crippen molar-refractivity contribution in [2.24, 2.45) is 179 Å². The van der Waals surface area contributed by atoms with Crippen molar-refractivity contribution in [2.45, 2.75) is 566 Å². The van der Waals surface area contributed by atoms with Gasteiger partial charge >= 0.3 is 0 Å². The first-order valence-corrected chi connectivity index (χ1v) is 48.2. The Bertz CT molecular complexity index is 2000. The standard InChI is InChI=1S/C11H24.2C10H22.3C9H20.7C8H18/c1-9(2,3)11(7,8)10(4,5)6;1-8(9(2,3)4)10(5,6)7;1-8(2)10(6,7)9(3,4)5;1-7-9(5,6)8(2,3)4;1-7(2)8(3)9(4,5)6;1-7(2)9(5,6)8(3)4;3*1-7(2,3)8(4,5)6;2*1-6-7(2)8(3,4)5;1-6-8(4,5)7(2)3;1-6(2)8(5)7(3)4/h1-8H3;2*8H,1-7H3;7H2,1-6H3;2*7-8H,1-6H3;3*1-6H3;3*7H,6H2,1-5H3;6-8H,1-5H3/t;;;;8-;;;;;7-;;;/m....1....1.../s1. The highest BCUT2D eigenvalue weighted by atomic mass is 14.5. The van der Waals surface area contributed by atoms with Crippen molar-refractivity contribution in [3.8, 4) is 0 Å². The van der Waals surface area contributed by atoms with Crippen LogP contribution in [0.5, 0.6) is 0 Å². The van der Waals surface area contributed by atoms with Gasteiger partial charge in [0.05, 0.1) is 0 Å². The topological polar surface area (TPSA) is 0 Å². The summed E-state index contributed by atoms with van der Waals surface area (Å²) in [4.78, 5) is 0. The molecule has 0 aromatic rings. The molecule has 0 saturated heterocycles. The van der Waals surface area contributed by atoms with E-state index in [0.717, 1.165) is 71.0 Å². The average molecular weight is 1630 g/mol. The summed E-state index contributed by atoms with van der Waals surface area (Å²) in [5, 5.41) is 0. The van der Waals surface area contributed by atoms with Gasteiger partial charge in [-0.25, -0.2) is 0 Å². The highest BCUT2D eigenvalue weighted by Gasteiger charge is 2.43. The molecule has 0 saturated carbocycles. The predicted molar refractivity (Wildman–Crippen MR) is 552 cm³/mol. The molecule has 0 N–H and O–H groups in total. The summed E-state index contributed by atoms with van der Waals surface area (Å²) >= 11 is 0. The van der Waals surface area contributed by atoms with Crippen LogP contribution in [0.2, 0.25) is 0 Å². The summed E-state index contributed by atoms with van der Waals surface area (Å²) in [7, 11) is 0. The van der Waals surface area contributed by atoms with E-state index in [1.54, 1.807) is 0 Å². The minimum absolute atomic E-state index is 0.375. The normalized spacial score (nSPS) is 14.4. The second-order valence-corrected chi connectivity index (χ2v) is 57.4. The molecule has 3 atom stereocenters. The fourth-order valence-corrected chi connectivity index (χ4v) is 7.89. The van der Waals surface area contributed by atoms with Gasteiger partial charge in [-0.2, -0.15) is 0 Å². The smallest absolute Gasteiger partial charge is 0.0257 e. The molecule has 0 aliphatic heterocycles. The van der Waals surface area contributed by atoms with E-state index in [-0.39, 0.29) is 0 Å². The summed E-state index contributed by atoms with van der Waals surface area (Å²) in [6, 6.07) is 0. The van der Waals surface area contributed by atoms with E-state index in [4.69, 9.17) is 0 Å². The SMILES string of the molecule is CC(C(C)(C)C)C(C)(C)C.CC(C)(C)C(C)(C)C.CC(C)(C)C(C)(C)C.CC(C)(C)C(C)(C)C.CC(C)(C)C(C)(C)C(C)(C)C.CC(C)C(C)(C)C(C)(C)C.CC(C)C(C)(C)C(C)C.CC(C)C(C)C(C)C.CC(C)[C@@H](C)C(C)(C)C.CCC(C)(C)C(C)(C)C.CCC(C)(C)C(C)C.CCC(C)C(C)(C)C.CC[C@@H](C)C(C)(C)C. The van der Waals surface area contributed by atoms with E-state index < -0.39 is 0 Å². The minimum Gasteiger partial charge on any atom is -0.0651 e. The van der Waals surface area contributed by atoms with Crippen LogP contribution in [-0.2, 0) is 0 Å². The van der Waals surface area contributed by atoms with Crippen LogP contribution in [0.4, 0.5) is 0 Å². The van der Waals surface area contributed by atoms with Crippen molar-refractivity contribution in [2.75, 3.05) is 0 Å². The molecule has 710 valence electrons. The molecule has 0 radical (unpaired) electrons. The van der Waals surface area contributed by atoms with E-state index in [1.165, 1.54) is 25.7 Å². The Morgan fingerprint density at radius 1 is 0.193 bits per heavy atom. The lowest BCUT2D eigenvalue weighted by molar-refractivity contribution is 0.00575. The fraction of sp³-hybridized carbons (Fsp3) is 1.00. The Morgan fingerprint density at radius 3 is 0.404 bits per heavy atom. The Labute approximate surface area is 740 Å². The maximum absolute atomic E-state index is 2.35. The maximum atomic E-state index is 2.35. The van der Waals surface area contributed by atoms with E-state index in [9.17, 15) is 0 Å². The number of hydrogen-bond acceptors (Lipinski definition) is 0. The first kappa shape index (κ1) is 143. The van der Waals surface area contributed by atoms with Gasteiger partial charge in [-0.15, -0.1) is 0 Å². The van der Waals surface area contributed by atoms with Crippen LogP contribution in [0.15, 0.2) is 0 Å². The molecule has 0 heteroatoms. The van der Waals surface area contributed by atoms with Crippen LogP contribution in [0.3, 0.4) is 0 Å². The minimum atomic E-state index is 0.375. The van der Waals surface area contributed by atoms with E-state index in [1.807, 2.05) is 0 Å². The number of hydrogen-bond donors (Lipinski definition) is 0. The third-order valence-electron chi connectivity index (χ3n) is 33.5. The van der Waals surface area contributed by atoms with Crippen LogP contribution in [0.25, 0.3) is 0 Å². The lowest BCUT2D eigenvalue weighted by atomic mass is 9.56. The summed E-state index contributed by atoms with van der Waals surface area (Å²) in [6.07, 6.45) is 5.13. The molecule has 0 amide bonds. The first-order valence-electron chi connectivity index (χ1n) is 48.2. The van der Waals surface area contributed by atoms with Crippen LogP contribution < -0.4 is 0 Å². The Kier molecular flexibility index (Phi) is 69.3. The Morgan fingerprint density at radius 2 is 0.404 bits per heavy atom. The third-order valence-corrected chi connectivity index (χ3v) is 33.5. The molecular formula is C114H254. The summed E-state index contributed by atoms with van der Waals surface area (Å²) < 4.78 is 0. The molecule has 0 spiro atoms. The van der Waals surface area contributed by atoms with Crippen molar-refractivity contribution in [3.63, 3.8) is 0 Å². The summed E-state index contributed by atoms with van der Waals surface area (Å²) in [6.45, 7) is 179. The monoisotopic (exact) mass is 1620 g/mol. The zero-order chi connectivity index (χ0) is 97.8. The molecule has 0 aliphatic carbocycles. The molecule has 0 nitrogen and oxygen atoms in total. The molecule has 0 bridgehead atoms. The molecular weight excluding hydrogens is 1370 g/mol. The zero-order valence-corrected chi connectivity index (χ0v) is 97.8. The quantitative estimate of drug-likeness (QED) is 0.193. The largest absolute Gasteiger partial charge is 0.0651 e. The lowest BCUT2D eigenvalue weighted by Gasteiger charge is -2.49. The average Bonchev–Trinajstić information content (AvgIpc) is 0.789. The van der Waals surface area contributed by atoms with Gasteiger partial charge in [0.25, 0.3) is 0 Å². The van der Waals surface area contributed by atoms with Crippen LogP contribution in [0.1, 0.15) is 566 Å². The molecule has 0 aromatic heterocycles. The maximum Gasteiger partial charge on any atom is -0.0257 e. The van der Waals surface area contributed by atoms with Crippen LogP contribution >= 0.6 is 0 Å². The molecule has 114 heavy (non-hydrogen) atoms. The summed E-state index contributed by atoms with van der Waals surface area (Å²) in [5.41, 5.74) is 8.97. The fourth-order valence-electron chi connectivity index (χ4n) is 7.89. The van der Waals surface area contributed by atoms with E-state index in [2.05, 4.69) is 540 Å². The Hall–Kier alpha value is 0. The van der Waals surface area contributed by atoms with Gasteiger partial charge in [-0.05, 0) is 179 Å². The van der Waals surface area contributed by atoms with E-state index >= 15 is 0 Å². The second kappa shape index (κ2) is 55.4. The zero-order valence-electron chi connectivity index (χ0n) is 97.8. The van der Waals surface area contributed by atoms with Crippen LogP contribution in [-0.4, -0.2) is 0 Å². The number of rotatable bonds is 11. The van der Waals surface area contributed by atoms with Gasteiger partial charge in [-0.1, -0.05) is 566 Å². The molecule has 1 unspecified atom stereocenters. The molecule has 0 rings (SSSR count). The highest BCUT2D eigenvalue weighted by molar-refractivity contribution is 4.92. The predicted octanol–water partition coefficient (Wildman–Crippen LogP) is 43.1. The van der Waals surface area contributed by atoms with Crippen molar-refractivity contribution in [1.29, 1.82) is 0 Å². The molecule has 0 aliphatic rings. The first-order chi connectivity index (χ1) is 48.2. The van der Waals surface area contributed by atoms with Crippen molar-refractivity contribution in [1.82, 2.24) is 0 Å². The van der Waals surface area contributed by atoms with Crippen molar-refractivity contribution < 1.29 is 0 Å². The van der Waals surface area contributed by atoms with Gasteiger partial charge in [-0.3, -0.25) is 0 Å². The summed E-state index contributed by atoms with van der Waals surface area (Å²) in [5.74, 6) is 9.79. The molecule has 0 fully saturated rings. The van der Waals surface area contributed by atoms with Crippen LogP contribution in [0, 0.1) is 179 Å². The van der Waals surface area contributed by atoms with Gasteiger partial charge in [0.1, 0.15) is 0 Å². The highest BCUT2D eigenvalue weighted by Crippen LogP contribution is 2.51. The van der Waals surface area contributed by atoms with Gasteiger partial charge in [0.15, 0.2) is 0 Å². The van der Waals surface area contributed by atoms with Crippen molar-refractivity contribution in [3.05, 3.63) is 0 Å². The molecule has 0 heterocycles. The van der Waals surface area contributed by atoms with Gasteiger partial charge in [0, 0.05) is 0 Å².